The Morgan fingerprint density at radius 3 is 2.71 bits per heavy atom. The molecule has 0 bridgehead atoms. The number of nitrogens with zero attached hydrogens (tertiary/aromatic N) is 1. The van der Waals surface area contributed by atoms with Gasteiger partial charge in [-0.1, -0.05) is 18.2 Å². The second-order valence-corrected chi connectivity index (χ2v) is 6.82. The number of benzene rings is 1. The number of rotatable bonds is 7. The van der Waals surface area contributed by atoms with Gasteiger partial charge in [-0.05, 0) is 31.9 Å². The van der Waals surface area contributed by atoms with E-state index in [2.05, 4.69) is 10.3 Å². The van der Waals surface area contributed by atoms with Gasteiger partial charge in [0, 0.05) is 31.5 Å². The highest BCUT2D eigenvalue weighted by atomic mass is 19.1. The van der Waals surface area contributed by atoms with Crippen molar-refractivity contribution in [3.05, 3.63) is 53.5 Å². The zero-order valence-corrected chi connectivity index (χ0v) is 16.2. The van der Waals surface area contributed by atoms with Crippen LogP contribution in [0.2, 0.25) is 0 Å². The standard InChI is InChI=1S/C21H25FN2O4/c1-15-13-16(14-23-19(15)28-12-11-26-2)24-20(25)21(7-9-27-10-8-21)17-5-3-4-6-18(17)22/h3-6,13-14H,7-12H2,1-2H3,(H,24,25). The SMILES string of the molecule is COCCOc1ncc(NC(=O)C2(c3ccccc3F)CCOCC2)cc1C. The summed E-state index contributed by atoms with van der Waals surface area (Å²) in [4.78, 5) is 17.5. The molecule has 1 aromatic carbocycles. The molecule has 0 radical (unpaired) electrons. The highest BCUT2D eigenvalue weighted by molar-refractivity contribution is 5.99. The van der Waals surface area contributed by atoms with Gasteiger partial charge in [0.1, 0.15) is 12.4 Å². The predicted octanol–water partition coefficient (Wildman–Crippen LogP) is 3.24. The lowest BCUT2D eigenvalue weighted by molar-refractivity contribution is -0.125. The van der Waals surface area contributed by atoms with E-state index in [0.29, 0.717) is 56.4 Å². The summed E-state index contributed by atoms with van der Waals surface area (Å²) in [7, 11) is 1.60. The maximum Gasteiger partial charge on any atom is 0.235 e. The number of aryl methyl sites for hydroxylation is 1. The fourth-order valence-electron chi connectivity index (χ4n) is 3.44. The number of carbonyl (C=O) groups is 1. The van der Waals surface area contributed by atoms with E-state index < -0.39 is 5.41 Å². The van der Waals surface area contributed by atoms with Crippen molar-refractivity contribution in [3.8, 4) is 5.88 Å². The summed E-state index contributed by atoms with van der Waals surface area (Å²) >= 11 is 0. The average molecular weight is 388 g/mol. The Morgan fingerprint density at radius 1 is 1.29 bits per heavy atom. The minimum Gasteiger partial charge on any atom is -0.475 e. The molecule has 0 atom stereocenters. The van der Waals surface area contributed by atoms with Gasteiger partial charge < -0.3 is 19.5 Å². The van der Waals surface area contributed by atoms with Crippen LogP contribution in [0.5, 0.6) is 5.88 Å². The second-order valence-electron chi connectivity index (χ2n) is 6.82. The van der Waals surface area contributed by atoms with Gasteiger partial charge in [-0.3, -0.25) is 4.79 Å². The summed E-state index contributed by atoms with van der Waals surface area (Å²) in [5.74, 6) is -0.143. The Labute approximate surface area is 164 Å². The van der Waals surface area contributed by atoms with Crippen LogP contribution in [0.15, 0.2) is 36.5 Å². The molecule has 1 N–H and O–H groups in total. The van der Waals surface area contributed by atoms with Crippen molar-refractivity contribution < 1.29 is 23.4 Å². The van der Waals surface area contributed by atoms with Crippen LogP contribution in [-0.2, 0) is 19.7 Å². The van der Waals surface area contributed by atoms with E-state index in [0.717, 1.165) is 5.56 Å². The molecule has 1 fully saturated rings. The average Bonchev–Trinajstić information content (AvgIpc) is 2.70. The van der Waals surface area contributed by atoms with Crippen LogP contribution in [-0.4, -0.2) is 44.4 Å². The lowest BCUT2D eigenvalue weighted by Gasteiger charge is -2.36. The first-order valence-electron chi connectivity index (χ1n) is 9.29. The van der Waals surface area contributed by atoms with Gasteiger partial charge in [0.05, 0.1) is 23.9 Å². The molecule has 0 unspecified atom stereocenters. The third-order valence-electron chi connectivity index (χ3n) is 4.98. The van der Waals surface area contributed by atoms with E-state index in [1.807, 2.05) is 6.92 Å². The fourth-order valence-corrected chi connectivity index (χ4v) is 3.44. The highest BCUT2D eigenvalue weighted by Crippen LogP contribution is 2.37. The monoisotopic (exact) mass is 388 g/mol. The molecule has 150 valence electrons. The molecule has 1 saturated heterocycles. The number of nitrogens with one attached hydrogen (secondary N) is 1. The quantitative estimate of drug-likeness (QED) is 0.738. The maximum atomic E-state index is 14.5. The Bertz CT molecular complexity index is 822. The van der Waals surface area contributed by atoms with Crippen LogP contribution in [0.4, 0.5) is 10.1 Å². The van der Waals surface area contributed by atoms with Gasteiger partial charge in [0.2, 0.25) is 11.8 Å². The van der Waals surface area contributed by atoms with E-state index >= 15 is 0 Å². The van der Waals surface area contributed by atoms with Crippen molar-refractivity contribution in [3.63, 3.8) is 0 Å². The summed E-state index contributed by atoms with van der Waals surface area (Å²) in [6, 6.07) is 8.23. The molecular formula is C21H25FN2O4. The highest BCUT2D eigenvalue weighted by Gasteiger charge is 2.43. The van der Waals surface area contributed by atoms with Gasteiger partial charge >= 0.3 is 0 Å². The molecule has 7 heteroatoms. The molecule has 1 aliphatic rings. The molecule has 1 aliphatic heterocycles. The number of amides is 1. The fraction of sp³-hybridized carbons (Fsp3) is 0.429. The summed E-state index contributed by atoms with van der Waals surface area (Å²) in [6.07, 6.45) is 2.39. The second kappa shape index (κ2) is 9.12. The first kappa shape index (κ1) is 20.2. The Morgan fingerprint density at radius 2 is 2.04 bits per heavy atom. The molecule has 0 spiro atoms. The molecule has 1 amide bonds. The van der Waals surface area contributed by atoms with E-state index in [1.54, 1.807) is 37.6 Å². The number of ether oxygens (including phenoxy) is 3. The molecule has 3 rings (SSSR count). The number of carbonyl (C=O) groups excluding carboxylic acids is 1. The minimum absolute atomic E-state index is 0.254. The molecule has 28 heavy (non-hydrogen) atoms. The van der Waals surface area contributed by atoms with Crippen molar-refractivity contribution in [2.45, 2.75) is 25.2 Å². The topological polar surface area (TPSA) is 69.7 Å². The summed E-state index contributed by atoms with van der Waals surface area (Å²) in [6.45, 7) is 3.53. The van der Waals surface area contributed by atoms with E-state index in [9.17, 15) is 9.18 Å². The molecule has 2 heterocycles. The number of anilines is 1. The number of pyridine rings is 1. The Balaban J connectivity index is 1.81. The summed E-state index contributed by atoms with van der Waals surface area (Å²) in [5.41, 5.74) is 0.773. The van der Waals surface area contributed by atoms with Crippen LogP contribution >= 0.6 is 0 Å². The third kappa shape index (κ3) is 4.31. The Hall–Kier alpha value is -2.51. The minimum atomic E-state index is -0.967. The third-order valence-corrected chi connectivity index (χ3v) is 4.98. The van der Waals surface area contributed by atoms with E-state index in [1.165, 1.54) is 6.07 Å². The first-order valence-corrected chi connectivity index (χ1v) is 9.29. The molecule has 0 saturated carbocycles. The van der Waals surface area contributed by atoms with Gasteiger partial charge in [0.25, 0.3) is 0 Å². The molecule has 1 aromatic heterocycles. The van der Waals surface area contributed by atoms with Crippen molar-refractivity contribution in [1.82, 2.24) is 4.98 Å². The number of hydrogen-bond donors (Lipinski definition) is 1. The zero-order valence-electron chi connectivity index (χ0n) is 16.2. The molecule has 0 aliphatic carbocycles. The predicted molar refractivity (Wildman–Crippen MR) is 103 cm³/mol. The van der Waals surface area contributed by atoms with E-state index in [-0.39, 0.29) is 11.7 Å². The van der Waals surface area contributed by atoms with Crippen LogP contribution in [0.25, 0.3) is 0 Å². The van der Waals surface area contributed by atoms with Crippen molar-refractivity contribution in [1.29, 1.82) is 0 Å². The number of hydrogen-bond acceptors (Lipinski definition) is 5. The number of aromatic nitrogens is 1. The van der Waals surface area contributed by atoms with Crippen LogP contribution in [0.1, 0.15) is 24.0 Å². The summed E-state index contributed by atoms with van der Waals surface area (Å²) in [5, 5.41) is 2.91. The van der Waals surface area contributed by atoms with Gasteiger partial charge in [0.15, 0.2) is 0 Å². The van der Waals surface area contributed by atoms with Crippen molar-refractivity contribution >= 4 is 11.6 Å². The summed E-state index contributed by atoms with van der Waals surface area (Å²) < 4.78 is 30.5. The van der Waals surface area contributed by atoms with Gasteiger partial charge in [-0.2, -0.15) is 0 Å². The van der Waals surface area contributed by atoms with Crippen LogP contribution in [0, 0.1) is 12.7 Å². The Kier molecular flexibility index (Phi) is 6.59. The lowest BCUT2D eigenvalue weighted by Crippen LogP contribution is -2.45. The van der Waals surface area contributed by atoms with Gasteiger partial charge in [-0.15, -0.1) is 0 Å². The molecule has 6 nitrogen and oxygen atoms in total. The van der Waals surface area contributed by atoms with Crippen molar-refractivity contribution in [2.24, 2.45) is 0 Å². The molecule has 2 aromatic rings. The number of methoxy groups -OCH3 is 1. The normalized spacial score (nSPS) is 15.8. The first-order chi connectivity index (χ1) is 13.6. The lowest BCUT2D eigenvalue weighted by atomic mass is 9.73. The maximum absolute atomic E-state index is 14.5. The van der Waals surface area contributed by atoms with E-state index in [4.69, 9.17) is 14.2 Å². The van der Waals surface area contributed by atoms with Gasteiger partial charge in [-0.25, -0.2) is 9.37 Å². The zero-order chi connectivity index (χ0) is 20.0. The largest absolute Gasteiger partial charge is 0.475 e. The smallest absolute Gasteiger partial charge is 0.235 e. The molecular weight excluding hydrogens is 363 g/mol. The number of halogens is 1. The van der Waals surface area contributed by atoms with Crippen molar-refractivity contribution in [2.75, 3.05) is 38.9 Å². The van der Waals surface area contributed by atoms with Crippen LogP contribution in [0.3, 0.4) is 0 Å². The van der Waals surface area contributed by atoms with Crippen LogP contribution < -0.4 is 10.1 Å².